The molecule has 2 aromatic carbocycles. The van der Waals surface area contributed by atoms with Gasteiger partial charge in [-0.25, -0.2) is 0 Å². The number of nitro benzene ring substituents is 1. The maximum Gasteiger partial charge on any atom is 0.269 e. The van der Waals surface area contributed by atoms with Gasteiger partial charge in [-0.1, -0.05) is 23.4 Å². The van der Waals surface area contributed by atoms with Crippen molar-refractivity contribution >= 4 is 16.6 Å². The SMILES string of the molecule is O=[N+]([O-])c1ccc(-c2noc(-c3c[nH]c4ccccc34)n2)cc1. The normalized spacial score (nSPS) is 11.0. The van der Waals surface area contributed by atoms with Crippen molar-refractivity contribution in [1.82, 2.24) is 15.1 Å². The van der Waals surface area contributed by atoms with E-state index in [-0.39, 0.29) is 5.69 Å². The van der Waals surface area contributed by atoms with Gasteiger partial charge in [0.15, 0.2) is 0 Å². The minimum absolute atomic E-state index is 0.0223. The van der Waals surface area contributed by atoms with Crippen LogP contribution in [0.4, 0.5) is 5.69 Å². The third kappa shape index (κ3) is 2.24. The van der Waals surface area contributed by atoms with Crippen molar-refractivity contribution < 1.29 is 9.45 Å². The number of aromatic amines is 1. The predicted octanol–water partition coefficient (Wildman–Crippen LogP) is 3.79. The largest absolute Gasteiger partial charge is 0.360 e. The summed E-state index contributed by atoms with van der Waals surface area (Å²) in [5.74, 6) is 0.788. The molecule has 7 nitrogen and oxygen atoms in total. The van der Waals surface area contributed by atoms with E-state index in [9.17, 15) is 10.1 Å². The van der Waals surface area contributed by atoms with Gasteiger partial charge in [0, 0.05) is 34.8 Å². The summed E-state index contributed by atoms with van der Waals surface area (Å²) in [4.78, 5) is 17.8. The van der Waals surface area contributed by atoms with Gasteiger partial charge in [-0.2, -0.15) is 4.98 Å². The maximum absolute atomic E-state index is 10.7. The quantitative estimate of drug-likeness (QED) is 0.458. The molecule has 2 heterocycles. The lowest BCUT2D eigenvalue weighted by molar-refractivity contribution is -0.384. The molecule has 7 heteroatoms. The van der Waals surface area contributed by atoms with Gasteiger partial charge in [0.2, 0.25) is 5.82 Å². The Hall–Kier alpha value is -3.48. The van der Waals surface area contributed by atoms with Gasteiger partial charge < -0.3 is 9.51 Å². The first kappa shape index (κ1) is 13.2. The number of benzene rings is 2. The van der Waals surface area contributed by atoms with Crippen molar-refractivity contribution in [2.45, 2.75) is 0 Å². The van der Waals surface area contributed by atoms with E-state index in [0.29, 0.717) is 17.3 Å². The molecular formula is C16H10N4O3. The number of hydrogen-bond acceptors (Lipinski definition) is 5. The second-order valence-corrected chi connectivity index (χ2v) is 4.98. The van der Waals surface area contributed by atoms with Crippen LogP contribution in [0.1, 0.15) is 0 Å². The standard InChI is InChI=1S/C16H10N4O3/c21-20(22)11-7-5-10(6-8-11)15-18-16(23-19-15)13-9-17-14-4-2-1-3-12(13)14/h1-9,17H. The fourth-order valence-electron chi connectivity index (χ4n) is 2.43. The number of para-hydroxylation sites is 1. The lowest BCUT2D eigenvalue weighted by atomic mass is 10.1. The van der Waals surface area contributed by atoms with Crippen LogP contribution in [0.15, 0.2) is 59.3 Å². The van der Waals surface area contributed by atoms with Crippen molar-refractivity contribution in [3.05, 3.63) is 64.8 Å². The third-order valence-corrected chi connectivity index (χ3v) is 3.58. The van der Waals surface area contributed by atoms with Crippen molar-refractivity contribution in [2.75, 3.05) is 0 Å². The molecule has 0 unspecified atom stereocenters. The Morgan fingerprint density at radius 3 is 2.65 bits per heavy atom. The van der Waals surface area contributed by atoms with Crippen molar-refractivity contribution in [3.8, 4) is 22.8 Å². The van der Waals surface area contributed by atoms with Gasteiger partial charge in [0.1, 0.15) is 0 Å². The molecule has 0 amide bonds. The van der Waals surface area contributed by atoms with Gasteiger partial charge >= 0.3 is 0 Å². The molecule has 112 valence electrons. The lowest BCUT2D eigenvalue weighted by Crippen LogP contribution is -1.87. The summed E-state index contributed by atoms with van der Waals surface area (Å²) < 4.78 is 5.33. The summed E-state index contributed by atoms with van der Waals surface area (Å²) in [6.07, 6.45) is 1.82. The Morgan fingerprint density at radius 2 is 1.87 bits per heavy atom. The van der Waals surface area contributed by atoms with Crippen LogP contribution in [-0.4, -0.2) is 20.0 Å². The van der Waals surface area contributed by atoms with E-state index in [1.807, 2.05) is 30.5 Å². The Morgan fingerprint density at radius 1 is 1.09 bits per heavy atom. The smallest absolute Gasteiger partial charge is 0.269 e. The zero-order valence-electron chi connectivity index (χ0n) is 11.8. The lowest BCUT2D eigenvalue weighted by Gasteiger charge is -1.94. The second-order valence-electron chi connectivity index (χ2n) is 4.98. The molecule has 23 heavy (non-hydrogen) atoms. The van der Waals surface area contributed by atoms with Crippen LogP contribution >= 0.6 is 0 Å². The van der Waals surface area contributed by atoms with E-state index in [4.69, 9.17) is 4.52 Å². The van der Waals surface area contributed by atoms with Crippen LogP contribution in [0.25, 0.3) is 33.7 Å². The monoisotopic (exact) mass is 306 g/mol. The molecule has 0 atom stereocenters. The molecular weight excluding hydrogens is 296 g/mol. The van der Waals surface area contributed by atoms with Crippen LogP contribution in [-0.2, 0) is 0 Å². The fourth-order valence-corrected chi connectivity index (χ4v) is 2.43. The summed E-state index contributed by atoms with van der Waals surface area (Å²) in [6, 6.07) is 13.8. The van der Waals surface area contributed by atoms with Crippen molar-refractivity contribution in [2.24, 2.45) is 0 Å². The highest BCUT2D eigenvalue weighted by atomic mass is 16.6. The zero-order chi connectivity index (χ0) is 15.8. The molecule has 0 aliphatic heterocycles. The number of nitrogens with one attached hydrogen (secondary N) is 1. The van der Waals surface area contributed by atoms with Crippen LogP contribution < -0.4 is 0 Å². The fraction of sp³-hybridized carbons (Fsp3) is 0. The number of nitro groups is 1. The van der Waals surface area contributed by atoms with E-state index >= 15 is 0 Å². The average molecular weight is 306 g/mol. The van der Waals surface area contributed by atoms with Gasteiger partial charge in [0.05, 0.1) is 10.5 Å². The number of H-pyrrole nitrogens is 1. The highest BCUT2D eigenvalue weighted by Crippen LogP contribution is 2.29. The van der Waals surface area contributed by atoms with E-state index < -0.39 is 4.92 Å². The molecule has 4 rings (SSSR count). The average Bonchev–Trinajstić information content (AvgIpc) is 3.21. The van der Waals surface area contributed by atoms with Gasteiger partial charge in [0.25, 0.3) is 11.6 Å². The number of hydrogen-bond donors (Lipinski definition) is 1. The summed E-state index contributed by atoms with van der Waals surface area (Å²) >= 11 is 0. The number of fused-ring (bicyclic) bond motifs is 1. The first-order valence-electron chi connectivity index (χ1n) is 6.87. The molecule has 0 saturated carbocycles. The highest BCUT2D eigenvalue weighted by molar-refractivity contribution is 5.93. The topological polar surface area (TPSA) is 97.9 Å². The minimum Gasteiger partial charge on any atom is -0.360 e. The first-order chi connectivity index (χ1) is 11.2. The maximum atomic E-state index is 10.7. The Balaban J connectivity index is 1.73. The molecule has 0 spiro atoms. The third-order valence-electron chi connectivity index (χ3n) is 3.58. The van der Waals surface area contributed by atoms with Crippen molar-refractivity contribution in [3.63, 3.8) is 0 Å². The van der Waals surface area contributed by atoms with Gasteiger partial charge in [-0.3, -0.25) is 10.1 Å². The number of aromatic nitrogens is 3. The molecule has 0 radical (unpaired) electrons. The molecule has 0 aliphatic carbocycles. The summed E-state index contributed by atoms with van der Waals surface area (Å²) in [7, 11) is 0. The highest BCUT2D eigenvalue weighted by Gasteiger charge is 2.15. The molecule has 1 N–H and O–H groups in total. The zero-order valence-corrected chi connectivity index (χ0v) is 11.8. The van der Waals surface area contributed by atoms with E-state index in [2.05, 4.69) is 15.1 Å². The summed E-state index contributed by atoms with van der Waals surface area (Å²) in [5, 5.41) is 15.6. The van der Waals surface area contributed by atoms with Crippen LogP contribution in [0.3, 0.4) is 0 Å². The molecule has 2 aromatic heterocycles. The Bertz CT molecular complexity index is 1000. The number of rotatable bonds is 3. The van der Waals surface area contributed by atoms with E-state index in [0.717, 1.165) is 16.5 Å². The second kappa shape index (κ2) is 5.06. The van der Waals surface area contributed by atoms with Gasteiger partial charge in [-0.05, 0) is 18.2 Å². The Labute approximate surface area is 129 Å². The number of non-ortho nitro benzene ring substituents is 1. The number of nitrogens with zero attached hydrogens (tertiary/aromatic N) is 3. The summed E-state index contributed by atoms with van der Waals surface area (Å²) in [6.45, 7) is 0. The first-order valence-corrected chi connectivity index (χ1v) is 6.87. The molecule has 0 aliphatic rings. The molecule has 0 bridgehead atoms. The van der Waals surface area contributed by atoms with Gasteiger partial charge in [-0.15, -0.1) is 0 Å². The van der Waals surface area contributed by atoms with E-state index in [1.54, 1.807) is 12.1 Å². The van der Waals surface area contributed by atoms with Crippen LogP contribution in [0.5, 0.6) is 0 Å². The Kier molecular flexibility index (Phi) is 2.90. The van der Waals surface area contributed by atoms with Crippen LogP contribution in [0.2, 0.25) is 0 Å². The van der Waals surface area contributed by atoms with Crippen LogP contribution in [0, 0.1) is 10.1 Å². The minimum atomic E-state index is -0.447. The molecule has 4 aromatic rings. The van der Waals surface area contributed by atoms with E-state index in [1.165, 1.54) is 12.1 Å². The predicted molar refractivity (Wildman–Crippen MR) is 83.7 cm³/mol. The molecule has 0 fully saturated rings. The molecule has 0 saturated heterocycles. The van der Waals surface area contributed by atoms with Crippen molar-refractivity contribution in [1.29, 1.82) is 0 Å². The summed E-state index contributed by atoms with van der Waals surface area (Å²) in [5.41, 5.74) is 2.48.